The lowest BCUT2D eigenvalue weighted by Gasteiger charge is -2.30. The van der Waals surface area contributed by atoms with Gasteiger partial charge in [-0.05, 0) is 63.3 Å². The van der Waals surface area contributed by atoms with E-state index in [4.69, 9.17) is 11.6 Å². The van der Waals surface area contributed by atoms with E-state index in [-0.39, 0.29) is 30.8 Å². The van der Waals surface area contributed by atoms with Gasteiger partial charge < -0.3 is 10.2 Å². The van der Waals surface area contributed by atoms with Crippen LogP contribution in [0.5, 0.6) is 0 Å². The van der Waals surface area contributed by atoms with E-state index in [1.807, 2.05) is 44.2 Å². The molecule has 0 aliphatic carbocycles. The van der Waals surface area contributed by atoms with Crippen LogP contribution in [0.25, 0.3) is 0 Å². The summed E-state index contributed by atoms with van der Waals surface area (Å²) in [5.74, 6) is -0.382. The number of rotatable bonds is 13. The van der Waals surface area contributed by atoms with Crippen molar-refractivity contribution in [2.45, 2.75) is 65.5 Å². The Kier molecular flexibility index (Phi) is 11.2. The van der Waals surface area contributed by atoms with Crippen molar-refractivity contribution in [1.82, 2.24) is 10.2 Å². The van der Waals surface area contributed by atoms with Gasteiger partial charge in [-0.3, -0.25) is 13.9 Å². The Labute approximate surface area is 220 Å². The minimum absolute atomic E-state index is 0.00952. The van der Waals surface area contributed by atoms with E-state index in [0.717, 1.165) is 18.2 Å². The van der Waals surface area contributed by atoms with Gasteiger partial charge in [0, 0.05) is 30.6 Å². The number of amides is 2. The Morgan fingerprint density at radius 1 is 1.03 bits per heavy atom. The van der Waals surface area contributed by atoms with E-state index in [0.29, 0.717) is 35.7 Å². The van der Waals surface area contributed by atoms with Gasteiger partial charge in [-0.2, -0.15) is 0 Å². The molecule has 0 saturated carbocycles. The molecule has 2 amide bonds. The zero-order valence-electron chi connectivity index (χ0n) is 21.8. The second-order valence-corrected chi connectivity index (χ2v) is 11.5. The van der Waals surface area contributed by atoms with Crippen molar-refractivity contribution in [2.75, 3.05) is 23.7 Å². The fraction of sp³-hybridized carbons (Fsp3) is 0.481. The summed E-state index contributed by atoms with van der Waals surface area (Å²) in [5.41, 5.74) is 2.24. The zero-order chi connectivity index (χ0) is 26.9. The van der Waals surface area contributed by atoms with Gasteiger partial charge in [0.15, 0.2) is 0 Å². The molecule has 2 atom stereocenters. The van der Waals surface area contributed by atoms with Gasteiger partial charge in [-0.15, -0.1) is 0 Å². The highest BCUT2D eigenvalue weighted by atomic mass is 35.5. The van der Waals surface area contributed by atoms with Gasteiger partial charge in [-0.1, -0.05) is 54.9 Å². The number of anilines is 1. The molecule has 0 spiro atoms. The van der Waals surface area contributed by atoms with E-state index in [1.165, 1.54) is 4.31 Å². The van der Waals surface area contributed by atoms with Crippen molar-refractivity contribution in [3.05, 3.63) is 64.7 Å². The summed E-state index contributed by atoms with van der Waals surface area (Å²) in [4.78, 5) is 27.7. The number of nitrogens with zero attached hydrogens (tertiary/aromatic N) is 2. The van der Waals surface area contributed by atoms with Crippen LogP contribution in [0.1, 0.15) is 51.2 Å². The average Bonchev–Trinajstić information content (AvgIpc) is 2.83. The third kappa shape index (κ3) is 8.52. The van der Waals surface area contributed by atoms with Gasteiger partial charge in [0.2, 0.25) is 21.8 Å². The van der Waals surface area contributed by atoms with E-state index < -0.39 is 16.1 Å². The fourth-order valence-electron chi connectivity index (χ4n) is 3.88. The summed E-state index contributed by atoms with van der Waals surface area (Å²) in [5, 5.41) is 3.43. The summed E-state index contributed by atoms with van der Waals surface area (Å²) in [6.45, 7) is 7.94. The molecule has 2 aromatic carbocycles. The van der Waals surface area contributed by atoms with Crippen molar-refractivity contribution >= 4 is 39.1 Å². The zero-order valence-corrected chi connectivity index (χ0v) is 23.4. The highest BCUT2D eigenvalue weighted by Crippen LogP contribution is 2.28. The summed E-state index contributed by atoms with van der Waals surface area (Å²) >= 11 is 6.21. The number of halogens is 1. The molecule has 0 saturated heterocycles. The van der Waals surface area contributed by atoms with Gasteiger partial charge in [0.1, 0.15) is 6.04 Å². The van der Waals surface area contributed by atoms with Crippen LogP contribution < -0.4 is 9.62 Å². The molecule has 36 heavy (non-hydrogen) atoms. The van der Waals surface area contributed by atoms with Crippen LogP contribution in [0.4, 0.5) is 5.69 Å². The number of carbonyl (C=O) groups is 2. The normalized spacial score (nSPS) is 13.1. The molecule has 2 rings (SSSR count). The first-order valence-corrected chi connectivity index (χ1v) is 14.5. The summed E-state index contributed by atoms with van der Waals surface area (Å²) < 4.78 is 26.3. The second kappa shape index (κ2) is 13.7. The monoisotopic (exact) mass is 535 g/mol. The maximum atomic E-state index is 13.3. The maximum absolute atomic E-state index is 13.3. The number of nitrogens with one attached hydrogen (secondary N) is 1. The molecule has 0 radical (unpaired) electrons. The van der Waals surface area contributed by atoms with Crippen LogP contribution in [0.15, 0.2) is 48.5 Å². The predicted octanol–water partition coefficient (Wildman–Crippen LogP) is 4.57. The lowest BCUT2D eigenvalue weighted by Crippen LogP contribution is -2.50. The third-order valence-electron chi connectivity index (χ3n) is 6.31. The Morgan fingerprint density at radius 3 is 2.31 bits per heavy atom. The first kappa shape index (κ1) is 29.6. The summed E-state index contributed by atoms with van der Waals surface area (Å²) in [7, 11) is -3.58. The standard InChI is InChI=1S/C27H38ClN3O4S/c1-6-20(2)29-27(33)22(4)30(19-17-23-12-8-7-9-13-23)26(32)16-11-18-31(36(5,34)35)25-15-10-14-24(28)21(25)3/h7-10,12-15,20,22H,6,11,16-19H2,1-5H3,(H,29,33)/t20-,22+/m1/s1. The average molecular weight is 536 g/mol. The van der Waals surface area contributed by atoms with E-state index in [2.05, 4.69) is 5.32 Å². The predicted molar refractivity (Wildman–Crippen MR) is 147 cm³/mol. The van der Waals surface area contributed by atoms with Crippen molar-refractivity contribution in [2.24, 2.45) is 0 Å². The molecular formula is C27H38ClN3O4S. The van der Waals surface area contributed by atoms with Gasteiger partial charge in [0.05, 0.1) is 11.9 Å². The third-order valence-corrected chi connectivity index (χ3v) is 7.90. The molecule has 0 aromatic heterocycles. The minimum Gasteiger partial charge on any atom is -0.352 e. The Morgan fingerprint density at radius 2 is 1.69 bits per heavy atom. The van der Waals surface area contributed by atoms with Crippen LogP contribution in [0, 0.1) is 6.92 Å². The minimum atomic E-state index is -3.58. The number of sulfonamides is 1. The van der Waals surface area contributed by atoms with Gasteiger partial charge in [-0.25, -0.2) is 8.42 Å². The van der Waals surface area contributed by atoms with Crippen LogP contribution >= 0.6 is 11.6 Å². The SMILES string of the molecule is CC[C@@H](C)NC(=O)[C@H](C)N(CCc1ccccc1)C(=O)CCCN(c1cccc(Cl)c1C)S(C)(=O)=O. The maximum Gasteiger partial charge on any atom is 0.242 e. The summed E-state index contributed by atoms with van der Waals surface area (Å²) in [6, 6.07) is 14.3. The first-order valence-electron chi connectivity index (χ1n) is 12.3. The number of hydrogen-bond acceptors (Lipinski definition) is 4. The van der Waals surface area contributed by atoms with Crippen LogP contribution in [-0.2, 0) is 26.0 Å². The van der Waals surface area contributed by atoms with Crippen LogP contribution in [0.3, 0.4) is 0 Å². The molecular weight excluding hydrogens is 498 g/mol. The first-order chi connectivity index (χ1) is 17.0. The lowest BCUT2D eigenvalue weighted by atomic mass is 10.1. The highest BCUT2D eigenvalue weighted by molar-refractivity contribution is 7.92. The smallest absolute Gasteiger partial charge is 0.242 e. The number of benzene rings is 2. The fourth-order valence-corrected chi connectivity index (χ4v) is 5.07. The Hall–Kier alpha value is -2.58. The molecule has 9 heteroatoms. The van der Waals surface area contributed by atoms with E-state index >= 15 is 0 Å². The Balaban J connectivity index is 2.15. The van der Waals surface area contributed by atoms with Gasteiger partial charge in [0.25, 0.3) is 0 Å². The molecule has 0 bridgehead atoms. The molecule has 2 aromatic rings. The number of hydrogen-bond donors (Lipinski definition) is 1. The second-order valence-electron chi connectivity index (χ2n) is 9.14. The van der Waals surface area contributed by atoms with Crippen LogP contribution in [0.2, 0.25) is 5.02 Å². The van der Waals surface area contributed by atoms with Crippen LogP contribution in [-0.4, -0.2) is 56.6 Å². The Bertz CT molecular complexity index is 1130. The molecule has 0 aliphatic rings. The molecule has 0 aliphatic heterocycles. The van der Waals surface area contributed by atoms with E-state index in [1.54, 1.807) is 36.9 Å². The molecule has 1 N–H and O–H groups in total. The van der Waals surface area contributed by atoms with E-state index in [9.17, 15) is 18.0 Å². The highest BCUT2D eigenvalue weighted by Gasteiger charge is 2.27. The van der Waals surface area contributed by atoms with Gasteiger partial charge >= 0.3 is 0 Å². The summed E-state index contributed by atoms with van der Waals surface area (Å²) in [6.07, 6.45) is 2.97. The topological polar surface area (TPSA) is 86.8 Å². The molecule has 7 nitrogen and oxygen atoms in total. The lowest BCUT2D eigenvalue weighted by molar-refractivity contribution is -0.140. The van der Waals surface area contributed by atoms with Crippen molar-refractivity contribution in [3.8, 4) is 0 Å². The largest absolute Gasteiger partial charge is 0.352 e. The molecule has 0 unspecified atom stereocenters. The quantitative estimate of drug-likeness (QED) is 0.407. The molecule has 198 valence electrons. The molecule has 0 heterocycles. The van der Waals surface area contributed by atoms with Crippen molar-refractivity contribution < 1.29 is 18.0 Å². The molecule has 0 fully saturated rings. The van der Waals surface area contributed by atoms with Crippen molar-refractivity contribution in [3.63, 3.8) is 0 Å². The van der Waals surface area contributed by atoms with Crippen molar-refractivity contribution in [1.29, 1.82) is 0 Å². The number of carbonyl (C=O) groups excluding carboxylic acids is 2.